The van der Waals surface area contributed by atoms with Crippen molar-refractivity contribution in [2.24, 2.45) is 0 Å². The third-order valence-corrected chi connectivity index (χ3v) is 4.39. The molecule has 0 radical (unpaired) electrons. The molecule has 1 aromatic heterocycles. The average Bonchev–Trinajstić information content (AvgIpc) is 2.98. The number of carbonyl (C=O) groups excluding carboxylic acids is 1. The number of hydrogen-bond donors (Lipinski definition) is 0. The van der Waals surface area contributed by atoms with E-state index in [1.54, 1.807) is 7.11 Å². The molecule has 2 aromatic rings. The van der Waals surface area contributed by atoms with Gasteiger partial charge in [-0.1, -0.05) is 12.1 Å². The number of ether oxygens (including phenoxy) is 2. The first-order valence-electron chi connectivity index (χ1n) is 7.61. The smallest absolute Gasteiger partial charge is 0.313 e. The van der Waals surface area contributed by atoms with Crippen LogP contribution in [0.1, 0.15) is 35.6 Å². The van der Waals surface area contributed by atoms with Crippen LogP contribution in [-0.4, -0.2) is 24.8 Å². The minimum absolute atomic E-state index is 0.106. The van der Waals surface area contributed by atoms with Crippen LogP contribution < -0.4 is 4.74 Å². The molecule has 4 nitrogen and oxygen atoms in total. The third-order valence-electron chi connectivity index (χ3n) is 4.39. The summed E-state index contributed by atoms with van der Waals surface area (Å²) in [7, 11) is 3.13. The maximum Gasteiger partial charge on any atom is 0.313 e. The fourth-order valence-corrected chi connectivity index (χ4v) is 3.22. The van der Waals surface area contributed by atoms with E-state index in [1.807, 2.05) is 12.1 Å². The zero-order valence-electron chi connectivity index (χ0n) is 13.0. The molecule has 0 saturated carbocycles. The molecule has 1 heterocycles. The average molecular weight is 299 g/mol. The first kappa shape index (κ1) is 14.7. The molecule has 0 bridgehead atoms. The largest absolute Gasteiger partial charge is 0.497 e. The molecule has 0 aliphatic heterocycles. The van der Waals surface area contributed by atoms with E-state index >= 15 is 0 Å². The Kier molecular flexibility index (Phi) is 4.18. The van der Waals surface area contributed by atoms with E-state index in [9.17, 15) is 4.79 Å². The van der Waals surface area contributed by atoms with E-state index in [4.69, 9.17) is 9.47 Å². The highest BCUT2D eigenvalue weighted by Gasteiger charge is 2.29. The number of carbonyl (C=O) groups is 1. The van der Waals surface area contributed by atoms with Gasteiger partial charge in [-0.15, -0.1) is 0 Å². The summed E-state index contributed by atoms with van der Waals surface area (Å²) in [5.41, 5.74) is 3.61. The Morgan fingerprint density at radius 1 is 1.23 bits per heavy atom. The summed E-state index contributed by atoms with van der Waals surface area (Å²) in [5.74, 6) is 0.637. The lowest BCUT2D eigenvalue weighted by atomic mass is 9.87. The van der Waals surface area contributed by atoms with Gasteiger partial charge < -0.3 is 14.0 Å². The second kappa shape index (κ2) is 6.26. The van der Waals surface area contributed by atoms with Gasteiger partial charge in [0.05, 0.1) is 20.1 Å². The SMILES string of the molecule is COC(=O)C1CCCc2c1ccn2Cc1ccc(OC)cc1. The molecule has 0 amide bonds. The van der Waals surface area contributed by atoms with Gasteiger partial charge in [0, 0.05) is 18.4 Å². The molecule has 0 N–H and O–H groups in total. The minimum atomic E-state index is -0.122. The lowest BCUT2D eigenvalue weighted by Crippen LogP contribution is -2.20. The summed E-state index contributed by atoms with van der Waals surface area (Å²) in [5, 5.41) is 0. The zero-order valence-corrected chi connectivity index (χ0v) is 13.0. The quantitative estimate of drug-likeness (QED) is 0.814. The van der Waals surface area contributed by atoms with Gasteiger partial charge in [0.1, 0.15) is 5.75 Å². The number of benzene rings is 1. The lowest BCUT2D eigenvalue weighted by molar-refractivity contribution is -0.142. The van der Waals surface area contributed by atoms with Crippen molar-refractivity contribution in [1.29, 1.82) is 0 Å². The number of methoxy groups -OCH3 is 2. The van der Waals surface area contributed by atoms with Gasteiger partial charge in [-0.25, -0.2) is 0 Å². The number of nitrogens with zero attached hydrogens (tertiary/aromatic N) is 1. The van der Waals surface area contributed by atoms with Crippen molar-refractivity contribution in [3.05, 3.63) is 53.3 Å². The van der Waals surface area contributed by atoms with Crippen molar-refractivity contribution in [1.82, 2.24) is 4.57 Å². The van der Waals surface area contributed by atoms with Crippen LogP contribution in [0.2, 0.25) is 0 Å². The fraction of sp³-hybridized carbons (Fsp3) is 0.389. The molecule has 1 unspecified atom stereocenters. The normalized spacial score (nSPS) is 16.9. The number of rotatable bonds is 4. The summed E-state index contributed by atoms with van der Waals surface area (Å²) < 4.78 is 12.4. The molecular weight excluding hydrogens is 278 g/mol. The number of hydrogen-bond acceptors (Lipinski definition) is 3. The first-order valence-corrected chi connectivity index (χ1v) is 7.61. The maximum atomic E-state index is 11.9. The Labute approximate surface area is 130 Å². The van der Waals surface area contributed by atoms with Gasteiger partial charge in [0.2, 0.25) is 0 Å². The van der Waals surface area contributed by atoms with Gasteiger partial charge in [-0.3, -0.25) is 4.79 Å². The molecule has 22 heavy (non-hydrogen) atoms. The van der Waals surface area contributed by atoms with Crippen LogP contribution in [0.5, 0.6) is 5.75 Å². The van der Waals surface area contributed by atoms with Crippen LogP contribution in [0.4, 0.5) is 0 Å². The molecule has 1 aliphatic carbocycles. The van der Waals surface area contributed by atoms with Crippen LogP contribution in [0, 0.1) is 0 Å². The van der Waals surface area contributed by atoms with Crippen LogP contribution in [-0.2, 0) is 22.5 Å². The van der Waals surface area contributed by atoms with E-state index in [0.29, 0.717) is 0 Å². The van der Waals surface area contributed by atoms with Crippen LogP contribution in [0.3, 0.4) is 0 Å². The summed E-state index contributed by atoms with van der Waals surface area (Å²) in [4.78, 5) is 11.9. The highest BCUT2D eigenvalue weighted by atomic mass is 16.5. The van der Waals surface area contributed by atoms with Gasteiger partial charge >= 0.3 is 5.97 Å². The van der Waals surface area contributed by atoms with E-state index in [-0.39, 0.29) is 11.9 Å². The molecule has 0 saturated heterocycles. The van der Waals surface area contributed by atoms with E-state index in [0.717, 1.165) is 37.1 Å². The number of esters is 1. The van der Waals surface area contributed by atoms with E-state index in [1.165, 1.54) is 18.4 Å². The predicted molar refractivity (Wildman–Crippen MR) is 84.2 cm³/mol. The maximum absolute atomic E-state index is 11.9. The highest BCUT2D eigenvalue weighted by molar-refractivity contribution is 5.78. The molecule has 3 rings (SSSR count). The Bertz CT molecular complexity index is 657. The molecule has 1 aliphatic rings. The fourth-order valence-electron chi connectivity index (χ4n) is 3.22. The number of fused-ring (bicyclic) bond motifs is 1. The van der Waals surface area contributed by atoms with Crippen molar-refractivity contribution in [3.8, 4) is 5.75 Å². The molecule has 1 atom stereocenters. The third kappa shape index (κ3) is 2.73. The molecule has 4 heteroatoms. The van der Waals surface area contributed by atoms with Crippen molar-refractivity contribution < 1.29 is 14.3 Å². The van der Waals surface area contributed by atoms with Crippen molar-refractivity contribution in [3.63, 3.8) is 0 Å². The molecule has 1 aromatic carbocycles. The van der Waals surface area contributed by atoms with Crippen molar-refractivity contribution in [2.75, 3.05) is 14.2 Å². The summed E-state index contributed by atoms with van der Waals surface area (Å²) in [6.45, 7) is 0.813. The Morgan fingerprint density at radius 2 is 2.00 bits per heavy atom. The van der Waals surface area contributed by atoms with Gasteiger partial charge in [0.15, 0.2) is 0 Å². The summed E-state index contributed by atoms with van der Waals surface area (Å²) in [6, 6.07) is 10.2. The lowest BCUT2D eigenvalue weighted by Gasteiger charge is -2.22. The molecule has 0 fully saturated rings. The van der Waals surface area contributed by atoms with Crippen molar-refractivity contribution in [2.45, 2.75) is 31.7 Å². The minimum Gasteiger partial charge on any atom is -0.497 e. The predicted octanol–water partition coefficient (Wildman–Crippen LogP) is 3.14. The Balaban J connectivity index is 1.83. The van der Waals surface area contributed by atoms with Crippen LogP contribution in [0.15, 0.2) is 36.5 Å². The molecule has 0 spiro atoms. The van der Waals surface area contributed by atoms with Crippen molar-refractivity contribution >= 4 is 5.97 Å². The zero-order chi connectivity index (χ0) is 15.5. The molecular formula is C18H21NO3. The summed E-state index contributed by atoms with van der Waals surface area (Å²) in [6.07, 6.45) is 5.01. The molecule has 116 valence electrons. The monoisotopic (exact) mass is 299 g/mol. The first-order chi connectivity index (χ1) is 10.7. The number of aromatic nitrogens is 1. The second-order valence-electron chi connectivity index (χ2n) is 5.66. The van der Waals surface area contributed by atoms with Crippen LogP contribution >= 0.6 is 0 Å². The summed E-state index contributed by atoms with van der Waals surface area (Å²) >= 11 is 0. The topological polar surface area (TPSA) is 40.5 Å². The van der Waals surface area contributed by atoms with Gasteiger partial charge in [0.25, 0.3) is 0 Å². The van der Waals surface area contributed by atoms with Gasteiger partial charge in [-0.2, -0.15) is 0 Å². The standard InChI is InChI=1S/C18H21NO3/c1-21-14-8-6-13(7-9-14)12-19-11-10-15-16(18(20)22-2)4-3-5-17(15)19/h6-11,16H,3-5,12H2,1-2H3. The van der Waals surface area contributed by atoms with E-state index < -0.39 is 0 Å². The van der Waals surface area contributed by atoms with Crippen LogP contribution in [0.25, 0.3) is 0 Å². The Morgan fingerprint density at radius 3 is 2.68 bits per heavy atom. The van der Waals surface area contributed by atoms with E-state index in [2.05, 4.69) is 29.0 Å². The second-order valence-corrected chi connectivity index (χ2v) is 5.66. The Hall–Kier alpha value is -2.23. The van der Waals surface area contributed by atoms with Gasteiger partial charge in [-0.05, 0) is 48.6 Å². The highest BCUT2D eigenvalue weighted by Crippen LogP contribution is 2.33.